The molecule has 1 heterocycles. The fraction of sp³-hybridized carbons (Fsp3) is 0.217. The molecular weight excluding hydrogens is 446 g/mol. The molecule has 10 heteroatoms. The molecule has 0 fully saturated rings. The number of aromatic carboxylic acids is 1. The molecule has 0 aliphatic heterocycles. The molecule has 1 atom stereocenters. The van der Waals surface area contributed by atoms with Crippen molar-refractivity contribution >= 4 is 38.4 Å². The number of primary amides is 1. The molecule has 4 N–H and O–H groups in total. The zero-order chi connectivity index (χ0) is 24.5. The van der Waals surface area contributed by atoms with E-state index in [9.17, 15) is 33.2 Å². The van der Waals surface area contributed by atoms with Gasteiger partial charge in [-0.25, -0.2) is 13.2 Å². The van der Waals surface area contributed by atoms with E-state index < -0.39 is 38.2 Å². The van der Waals surface area contributed by atoms with Crippen molar-refractivity contribution in [2.45, 2.75) is 24.5 Å². The lowest BCUT2D eigenvalue weighted by molar-refractivity contribution is -0.117. The number of hydrogen-bond acceptors (Lipinski definition) is 6. The summed E-state index contributed by atoms with van der Waals surface area (Å²) in [6, 6.07) is 8.85. The molecule has 1 aliphatic rings. The highest BCUT2D eigenvalue weighted by Crippen LogP contribution is 2.46. The maximum atomic E-state index is 13.6. The Morgan fingerprint density at radius 3 is 2.42 bits per heavy atom. The molecule has 9 nitrogen and oxygen atoms in total. The Morgan fingerprint density at radius 2 is 1.88 bits per heavy atom. The smallest absolute Gasteiger partial charge is 0.335 e. The van der Waals surface area contributed by atoms with Gasteiger partial charge < -0.3 is 15.8 Å². The zero-order valence-electron chi connectivity index (χ0n) is 17.9. The topological polar surface area (TPSA) is 171 Å². The van der Waals surface area contributed by atoms with Crippen LogP contribution in [0.4, 0.5) is 0 Å². The van der Waals surface area contributed by atoms with Crippen LogP contribution in [0.25, 0.3) is 10.9 Å². The molecule has 1 aromatic heterocycles. The maximum absolute atomic E-state index is 13.6. The minimum absolute atomic E-state index is 0.0208. The van der Waals surface area contributed by atoms with Crippen LogP contribution in [0.2, 0.25) is 0 Å². The minimum Gasteiger partial charge on any atom is -0.478 e. The molecule has 0 spiro atoms. The second kappa shape index (κ2) is 7.02. The number of aromatic nitrogens is 1. The summed E-state index contributed by atoms with van der Waals surface area (Å²) in [5.41, 5.74) is 6.27. The average molecular weight is 465 g/mol. The predicted octanol–water partition coefficient (Wildman–Crippen LogP) is 2.18. The van der Waals surface area contributed by atoms with Crippen LogP contribution in [0, 0.1) is 11.3 Å². The molecule has 1 aliphatic carbocycles. The van der Waals surface area contributed by atoms with Gasteiger partial charge in [0.05, 0.1) is 22.8 Å². The second-order valence-electron chi connectivity index (χ2n) is 8.61. The normalized spacial score (nSPS) is 15.4. The third-order valence-corrected chi connectivity index (χ3v) is 7.41. The lowest BCUT2D eigenvalue weighted by Gasteiger charge is -2.32. The molecular formula is C23H19N3O6S. The van der Waals surface area contributed by atoms with Crippen LogP contribution in [0.1, 0.15) is 67.8 Å². The van der Waals surface area contributed by atoms with E-state index in [0.29, 0.717) is 16.8 Å². The minimum atomic E-state index is -4.03. The van der Waals surface area contributed by atoms with E-state index >= 15 is 0 Å². The van der Waals surface area contributed by atoms with E-state index in [1.165, 1.54) is 30.3 Å². The van der Waals surface area contributed by atoms with Crippen LogP contribution < -0.4 is 5.73 Å². The Bertz CT molecular complexity index is 1560. The molecule has 4 rings (SSSR count). The van der Waals surface area contributed by atoms with Crippen LogP contribution in [0.15, 0.2) is 30.3 Å². The van der Waals surface area contributed by atoms with Crippen molar-refractivity contribution in [1.29, 1.82) is 5.26 Å². The number of fused-ring (bicyclic) bond motifs is 4. The molecule has 0 radical (unpaired) electrons. The van der Waals surface area contributed by atoms with Gasteiger partial charge in [0.1, 0.15) is 0 Å². The van der Waals surface area contributed by atoms with Crippen molar-refractivity contribution in [3.05, 3.63) is 69.4 Å². The Balaban J connectivity index is 2.15. The summed E-state index contributed by atoms with van der Waals surface area (Å²) in [7, 11) is -4.03. The first-order valence-electron chi connectivity index (χ1n) is 9.80. The molecule has 33 heavy (non-hydrogen) atoms. The lowest BCUT2D eigenvalue weighted by atomic mass is 9.70. The average Bonchev–Trinajstić information content (AvgIpc) is 3.11. The van der Waals surface area contributed by atoms with Gasteiger partial charge in [0.25, 0.3) is 0 Å². The lowest BCUT2D eigenvalue weighted by Crippen LogP contribution is -2.31. The van der Waals surface area contributed by atoms with Crippen molar-refractivity contribution in [1.82, 2.24) is 4.98 Å². The van der Waals surface area contributed by atoms with Gasteiger partial charge in [-0.3, -0.25) is 9.59 Å². The summed E-state index contributed by atoms with van der Waals surface area (Å²) >= 11 is 0. The van der Waals surface area contributed by atoms with Gasteiger partial charge in [0.2, 0.25) is 5.91 Å². The van der Waals surface area contributed by atoms with Crippen LogP contribution in [0.5, 0.6) is 0 Å². The van der Waals surface area contributed by atoms with Gasteiger partial charge in [0.15, 0.2) is 20.9 Å². The molecule has 0 bridgehead atoms. The molecule has 2 aromatic carbocycles. The molecule has 1 unspecified atom stereocenters. The van der Waals surface area contributed by atoms with Gasteiger partial charge in [-0.15, -0.1) is 0 Å². The highest BCUT2D eigenvalue weighted by molar-refractivity contribution is 7.91. The molecule has 1 amide bonds. The Morgan fingerprint density at radius 1 is 1.21 bits per heavy atom. The summed E-state index contributed by atoms with van der Waals surface area (Å²) in [5.74, 6) is -2.72. The van der Waals surface area contributed by atoms with Crippen molar-refractivity contribution < 1.29 is 27.9 Å². The van der Waals surface area contributed by atoms with E-state index in [0.717, 1.165) is 6.26 Å². The van der Waals surface area contributed by atoms with Crippen LogP contribution in [-0.2, 0) is 20.0 Å². The van der Waals surface area contributed by atoms with Gasteiger partial charge in [0, 0.05) is 33.8 Å². The summed E-state index contributed by atoms with van der Waals surface area (Å²) in [6.45, 7) is 3.59. The fourth-order valence-electron chi connectivity index (χ4n) is 4.59. The number of nitriles is 1. The Hall–Kier alpha value is -3.97. The van der Waals surface area contributed by atoms with Gasteiger partial charge in [-0.05, 0) is 41.5 Å². The molecule has 3 aromatic rings. The number of aromatic amines is 1. The summed E-state index contributed by atoms with van der Waals surface area (Å²) in [6.07, 6.45) is 0.862. The number of carbonyl (C=O) groups excluding carboxylic acids is 2. The number of nitrogens with two attached hydrogens (primary N) is 1. The fourth-order valence-corrected chi connectivity index (χ4v) is 5.66. The second-order valence-corrected chi connectivity index (χ2v) is 10.7. The number of carboxylic acids is 1. The molecule has 168 valence electrons. The van der Waals surface area contributed by atoms with Gasteiger partial charge >= 0.3 is 5.97 Å². The van der Waals surface area contributed by atoms with Crippen LogP contribution in [-0.4, -0.2) is 42.4 Å². The summed E-state index contributed by atoms with van der Waals surface area (Å²) in [5, 5.41) is 17.3. The van der Waals surface area contributed by atoms with Crippen LogP contribution >= 0.6 is 0 Å². The highest BCUT2D eigenvalue weighted by atomic mass is 32.2. The first-order chi connectivity index (χ1) is 15.3. The molecule has 0 saturated carbocycles. The number of sulfone groups is 1. The zero-order valence-corrected chi connectivity index (χ0v) is 18.7. The van der Waals surface area contributed by atoms with E-state index in [-0.39, 0.29) is 33.2 Å². The highest BCUT2D eigenvalue weighted by Gasteiger charge is 2.42. The quantitative estimate of drug-likeness (QED) is 0.530. The monoisotopic (exact) mass is 465 g/mol. The number of hydrogen-bond donors (Lipinski definition) is 3. The van der Waals surface area contributed by atoms with Crippen LogP contribution in [0.3, 0.4) is 0 Å². The predicted molar refractivity (Wildman–Crippen MR) is 119 cm³/mol. The number of carbonyl (C=O) groups is 3. The number of rotatable bonds is 4. The van der Waals surface area contributed by atoms with E-state index in [1.807, 2.05) is 6.07 Å². The number of nitrogens with one attached hydrogen (secondary N) is 1. The number of H-pyrrole nitrogens is 1. The third-order valence-electron chi connectivity index (χ3n) is 6.06. The standard InChI is InChI=1S/C23H19N3O6S/c1-23(2)14-8-11(22(29)30)4-5-12(14)18(27)17-16-13(19(21(25)28)33(3,31)32)6-10(9-24)7-15(16)26-20(17)23/h4-8,19,26H,1-3H3,(H2,25,28)(H,29,30). The van der Waals surface area contributed by atoms with E-state index in [2.05, 4.69) is 4.98 Å². The largest absolute Gasteiger partial charge is 0.478 e. The van der Waals surface area contributed by atoms with Crippen molar-refractivity contribution in [2.75, 3.05) is 6.26 Å². The number of benzene rings is 2. The summed E-state index contributed by atoms with van der Waals surface area (Å²) in [4.78, 5) is 40.4. The Kier molecular flexibility index (Phi) is 4.73. The number of nitrogens with zero attached hydrogens (tertiary/aromatic N) is 1. The first kappa shape index (κ1) is 22.2. The van der Waals surface area contributed by atoms with E-state index in [4.69, 9.17) is 5.73 Å². The van der Waals surface area contributed by atoms with Crippen molar-refractivity contribution in [3.63, 3.8) is 0 Å². The van der Waals surface area contributed by atoms with Crippen molar-refractivity contribution in [2.24, 2.45) is 5.73 Å². The molecule has 0 saturated heterocycles. The van der Waals surface area contributed by atoms with E-state index in [1.54, 1.807) is 13.8 Å². The Labute approximate surface area is 188 Å². The first-order valence-corrected chi connectivity index (χ1v) is 11.8. The maximum Gasteiger partial charge on any atom is 0.335 e. The SMILES string of the molecule is CC1(C)c2cc(C(=O)O)ccc2C(=O)c2c1[nH]c1cc(C#N)cc(C(C(N)=O)S(C)(=O)=O)c21. The number of amides is 1. The van der Waals surface area contributed by atoms with Gasteiger partial charge in [-0.1, -0.05) is 13.8 Å². The number of ketones is 1. The third kappa shape index (κ3) is 3.20. The van der Waals surface area contributed by atoms with Gasteiger partial charge in [-0.2, -0.15) is 5.26 Å². The summed E-state index contributed by atoms with van der Waals surface area (Å²) < 4.78 is 25.0. The number of carboxylic acid groups (broad SMARTS) is 1. The van der Waals surface area contributed by atoms with Crippen molar-refractivity contribution in [3.8, 4) is 6.07 Å².